The zero-order valence-corrected chi connectivity index (χ0v) is 21.8. The first-order valence-electron chi connectivity index (χ1n) is 11.4. The van der Waals surface area contributed by atoms with E-state index in [4.69, 9.17) is 14.2 Å². The number of nitrogens with zero attached hydrogens (tertiary/aromatic N) is 1. The third-order valence-corrected chi connectivity index (χ3v) is 6.08. The van der Waals surface area contributed by atoms with Gasteiger partial charge in [0.25, 0.3) is 5.91 Å². The van der Waals surface area contributed by atoms with Crippen molar-refractivity contribution in [3.63, 3.8) is 0 Å². The van der Waals surface area contributed by atoms with Crippen molar-refractivity contribution >= 4 is 23.4 Å². The van der Waals surface area contributed by atoms with Gasteiger partial charge in [-0.05, 0) is 50.6 Å². The molecule has 9 heteroatoms. The molecule has 0 radical (unpaired) electrons. The Morgan fingerprint density at radius 2 is 1.83 bits per heavy atom. The molecule has 0 fully saturated rings. The molecule has 2 aromatic rings. The second-order valence-corrected chi connectivity index (χ2v) is 8.75. The van der Waals surface area contributed by atoms with Crippen LogP contribution in [-0.2, 0) is 20.8 Å². The number of anilines is 2. The summed E-state index contributed by atoms with van der Waals surface area (Å²) in [5.74, 6) is 1.39. The minimum Gasteiger partial charge on any atom is -0.499 e. The number of allylic oxidation sites excluding steroid dienone is 2. The maximum Gasteiger partial charge on any atom is 0.513 e. The molecule has 9 nitrogen and oxygen atoms in total. The molecule has 0 bridgehead atoms. The van der Waals surface area contributed by atoms with E-state index in [1.165, 1.54) is 14.2 Å². The zero-order chi connectivity index (χ0) is 26.6. The number of hydrogen-bond acceptors (Lipinski definition) is 8. The van der Waals surface area contributed by atoms with E-state index in [9.17, 15) is 9.59 Å². The predicted octanol–water partition coefficient (Wildman–Crippen LogP) is 4.83. The minimum atomic E-state index is -0.824. The maximum absolute atomic E-state index is 13.2. The summed E-state index contributed by atoms with van der Waals surface area (Å²) in [6.45, 7) is 9.78. The highest BCUT2D eigenvalue weighted by Crippen LogP contribution is 2.44. The Hall–Kier alpha value is -4.14. The van der Waals surface area contributed by atoms with Gasteiger partial charge in [0.15, 0.2) is 0 Å². The van der Waals surface area contributed by atoms with Crippen LogP contribution in [0.4, 0.5) is 16.2 Å². The molecule has 1 amide bonds. The molecular weight excluding hydrogens is 462 g/mol. The molecule has 0 saturated heterocycles. The molecule has 1 heterocycles. The lowest BCUT2D eigenvalue weighted by atomic mass is 9.91. The van der Waals surface area contributed by atoms with Crippen molar-refractivity contribution in [2.75, 3.05) is 38.6 Å². The van der Waals surface area contributed by atoms with Gasteiger partial charge >= 0.3 is 6.16 Å². The molecule has 2 aromatic carbocycles. The van der Waals surface area contributed by atoms with Gasteiger partial charge in [0.2, 0.25) is 0 Å². The Kier molecular flexibility index (Phi) is 7.82. The fourth-order valence-electron chi connectivity index (χ4n) is 4.19. The number of rotatable bonds is 8. The monoisotopic (exact) mass is 495 g/mol. The highest BCUT2D eigenvalue weighted by atomic mass is 16.7. The quantitative estimate of drug-likeness (QED) is 0.233. The number of fused-ring (bicyclic) bond motifs is 1. The van der Waals surface area contributed by atoms with Crippen LogP contribution in [0.5, 0.6) is 11.5 Å². The van der Waals surface area contributed by atoms with Gasteiger partial charge in [-0.15, -0.1) is 0 Å². The number of nitrogens with one attached hydrogen (secondary N) is 2. The van der Waals surface area contributed by atoms with Crippen LogP contribution in [0.25, 0.3) is 11.1 Å². The molecular formula is C27H33N3O6. The van der Waals surface area contributed by atoms with Crippen molar-refractivity contribution in [3.8, 4) is 22.6 Å². The van der Waals surface area contributed by atoms with E-state index in [2.05, 4.69) is 21.9 Å². The van der Waals surface area contributed by atoms with Crippen LogP contribution in [0.3, 0.4) is 0 Å². The summed E-state index contributed by atoms with van der Waals surface area (Å²) in [4.78, 5) is 26.4. The predicted molar refractivity (Wildman–Crippen MR) is 139 cm³/mol. The van der Waals surface area contributed by atoms with Crippen molar-refractivity contribution in [2.45, 2.75) is 32.9 Å². The zero-order valence-electron chi connectivity index (χ0n) is 21.8. The van der Waals surface area contributed by atoms with E-state index in [0.717, 1.165) is 33.8 Å². The first-order valence-corrected chi connectivity index (χ1v) is 11.4. The molecule has 0 saturated carbocycles. The molecule has 1 aliphatic rings. The van der Waals surface area contributed by atoms with Crippen molar-refractivity contribution in [2.24, 2.45) is 0 Å². The molecule has 0 unspecified atom stereocenters. The first-order chi connectivity index (χ1) is 17.1. The summed E-state index contributed by atoms with van der Waals surface area (Å²) in [5.41, 5.74) is 4.01. The van der Waals surface area contributed by atoms with Gasteiger partial charge in [0, 0.05) is 30.8 Å². The smallest absolute Gasteiger partial charge is 0.499 e. The lowest BCUT2D eigenvalue weighted by Gasteiger charge is -2.40. The maximum atomic E-state index is 13.2. The van der Waals surface area contributed by atoms with Crippen LogP contribution in [-0.4, -0.2) is 46.0 Å². The third kappa shape index (κ3) is 5.10. The number of amides is 1. The molecule has 0 atom stereocenters. The number of ether oxygens (including phenoxy) is 4. The van der Waals surface area contributed by atoms with Gasteiger partial charge in [0.05, 0.1) is 38.4 Å². The number of hydrogen-bond donors (Lipinski definition) is 2. The molecule has 1 aliphatic heterocycles. The van der Waals surface area contributed by atoms with Crippen molar-refractivity contribution in [3.05, 3.63) is 60.0 Å². The molecule has 0 aliphatic carbocycles. The molecule has 3 rings (SSSR count). The fraction of sp³-hybridized carbons (Fsp3) is 0.333. The van der Waals surface area contributed by atoms with E-state index in [-0.39, 0.29) is 11.7 Å². The molecule has 0 spiro atoms. The molecule has 36 heavy (non-hydrogen) atoms. The Labute approximate surface area is 211 Å². The summed E-state index contributed by atoms with van der Waals surface area (Å²) in [6.07, 6.45) is 0.860. The van der Waals surface area contributed by atoms with Gasteiger partial charge in [-0.3, -0.25) is 4.79 Å². The molecule has 2 N–H and O–H groups in total. The van der Waals surface area contributed by atoms with Gasteiger partial charge in [-0.2, -0.15) is 0 Å². The van der Waals surface area contributed by atoms with E-state index in [1.807, 2.05) is 32.9 Å². The standard InChI is InChI=1S/C27H33N3O6/c1-9-21(16(2)33-6)28-15-20-18(12-13-22-24(20)30(5)25(31)27(3,4)29-22)19-11-10-17(14-23(19)34-7)36-26(32)35-8/h9-14,28-29H,1,15H2,2-8H3/b21-16-. The van der Waals surface area contributed by atoms with Crippen LogP contribution in [0.1, 0.15) is 26.3 Å². The largest absolute Gasteiger partial charge is 0.513 e. The van der Waals surface area contributed by atoms with Gasteiger partial charge in [-0.25, -0.2) is 4.79 Å². The van der Waals surface area contributed by atoms with E-state index < -0.39 is 11.7 Å². The number of likely N-dealkylation sites (N-methyl/N-ethyl adjacent to an activating group) is 1. The van der Waals surface area contributed by atoms with Gasteiger partial charge < -0.3 is 34.5 Å². The topological polar surface area (TPSA) is 98.4 Å². The van der Waals surface area contributed by atoms with Crippen molar-refractivity contribution < 1.29 is 28.5 Å². The van der Waals surface area contributed by atoms with Crippen LogP contribution < -0.4 is 25.0 Å². The minimum absolute atomic E-state index is 0.0604. The molecule has 192 valence electrons. The average Bonchev–Trinajstić information content (AvgIpc) is 2.87. The second kappa shape index (κ2) is 10.6. The highest BCUT2D eigenvalue weighted by molar-refractivity contribution is 6.08. The number of carbonyl (C=O) groups excluding carboxylic acids is 2. The Morgan fingerprint density at radius 1 is 1.14 bits per heavy atom. The normalized spacial score (nSPS) is 14.6. The van der Waals surface area contributed by atoms with Crippen LogP contribution >= 0.6 is 0 Å². The number of benzene rings is 2. The van der Waals surface area contributed by atoms with Gasteiger partial charge in [-0.1, -0.05) is 12.6 Å². The first kappa shape index (κ1) is 26.5. The Morgan fingerprint density at radius 3 is 2.44 bits per heavy atom. The lowest BCUT2D eigenvalue weighted by Crippen LogP contribution is -2.52. The van der Waals surface area contributed by atoms with Crippen LogP contribution in [0.2, 0.25) is 0 Å². The lowest BCUT2D eigenvalue weighted by molar-refractivity contribution is -0.121. The van der Waals surface area contributed by atoms with Gasteiger partial charge in [0.1, 0.15) is 22.8 Å². The highest BCUT2D eigenvalue weighted by Gasteiger charge is 2.38. The van der Waals surface area contributed by atoms with E-state index in [0.29, 0.717) is 18.1 Å². The fourth-order valence-corrected chi connectivity index (χ4v) is 4.19. The Balaban J connectivity index is 2.20. The van der Waals surface area contributed by atoms with E-state index >= 15 is 0 Å². The van der Waals surface area contributed by atoms with Crippen LogP contribution in [0.15, 0.2) is 54.4 Å². The summed E-state index contributed by atoms with van der Waals surface area (Å²) in [6, 6.07) is 8.99. The summed E-state index contributed by atoms with van der Waals surface area (Å²) >= 11 is 0. The summed E-state index contributed by atoms with van der Waals surface area (Å²) in [7, 11) is 6.14. The SMILES string of the molecule is C=C/C(NCc1c(-c2ccc(OC(=O)OC)cc2OC)ccc2c1N(C)C(=O)C(C)(C)N2)=C(\C)OC. The second-order valence-electron chi connectivity index (χ2n) is 8.75. The number of carbonyl (C=O) groups is 2. The van der Waals surface area contributed by atoms with Crippen molar-refractivity contribution in [1.29, 1.82) is 0 Å². The van der Waals surface area contributed by atoms with E-state index in [1.54, 1.807) is 43.3 Å². The summed E-state index contributed by atoms with van der Waals surface area (Å²) in [5, 5.41) is 6.74. The molecule has 0 aromatic heterocycles. The average molecular weight is 496 g/mol. The van der Waals surface area contributed by atoms with Crippen LogP contribution in [0, 0.1) is 0 Å². The summed E-state index contributed by atoms with van der Waals surface area (Å²) < 4.78 is 20.8. The third-order valence-electron chi connectivity index (χ3n) is 6.08. The number of methoxy groups -OCH3 is 3. The van der Waals surface area contributed by atoms with Crippen molar-refractivity contribution in [1.82, 2.24) is 5.32 Å². The Bertz CT molecular complexity index is 1220.